The second-order valence-corrected chi connectivity index (χ2v) is 8.55. The number of amides is 1. The van der Waals surface area contributed by atoms with Crippen molar-refractivity contribution in [3.8, 4) is 5.75 Å². The average molecular weight is 425 g/mol. The quantitative estimate of drug-likeness (QED) is 0.606. The molecule has 0 atom stereocenters. The number of hydrogen-bond donors (Lipinski definition) is 2. The highest BCUT2D eigenvalue weighted by atomic mass is 35.5. The minimum Gasteiger partial charge on any atom is -0.484 e. The molecular weight excluding hydrogens is 400 g/mol. The first kappa shape index (κ1) is 22.2. The molecule has 0 aliphatic rings. The second kappa shape index (κ2) is 9.91. The third kappa shape index (κ3) is 6.22. The van der Waals surface area contributed by atoms with Crippen LogP contribution in [-0.2, 0) is 21.2 Å². The maximum absolute atomic E-state index is 12.2. The Morgan fingerprint density at radius 3 is 2.25 bits per heavy atom. The Bertz CT molecular complexity index is 905. The lowest BCUT2D eigenvalue weighted by molar-refractivity contribution is -0.123. The van der Waals surface area contributed by atoms with Crippen LogP contribution >= 0.6 is 11.6 Å². The Hall–Kier alpha value is -2.09. The smallest absolute Gasteiger partial charge is 0.257 e. The van der Waals surface area contributed by atoms with E-state index in [4.69, 9.17) is 16.3 Å². The molecule has 8 heteroatoms. The Kier molecular flexibility index (Phi) is 7.86. The van der Waals surface area contributed by atoms with Crippen molar-refractivity contribution in [1.82, 2.24) is 10.0 Å². The van der Waals surface area contributed by atoms with E-state index in [1.54, 1.807) is 36.4 Å². The topological polar surface area (TPSA) is 84.5 Å². The van der Waals surface area contributed by atoms with E-state index in [2.05, 4.69) is 10.0 Å². The molecule has 28 heavy (non-hydrogen) atoms. The van der Waals surface area contributed by atoms with Crippen LogP contribution in [0.2, 0.25) is 5.02 Å². The number of benzene rings is 2. The van der Waals surface area contributed by atoms with Gasteiger partial charge in [-0.25, -0.2) is 13.1 Å². The molecule has 0 bridgehead atoms. The van der Waals surface area contributed by atoms with Gasteiger partial charge in [-0.2, -0.15) is 0 Å². The fourth-order valence-corrected chi connectivity index (χ4v) is 3.71. The summed E-state index contributed by atoms with van der Waals surface area (Å²) in [6.07, 6.45) is 0.844. The van der Waals surface area contributed by atoms with Crippen molar-refractivity contribution >= 4 is 27.5 Å². The molecule has 0 aliphatic carbocycles. The van der Waals surface area contributed by atoms with Gasteiger partial charge < -0.3 is 10.1 Å². The summed E-state index contributed by atoms with van der Waals surface area (Å²) in [7, 11) is -3.60. The highest BCUT2D eigenvalue weighted by Crippen LogP contribution is 2.25. The van der Waals surface area contributed by atoms with E-state index in [-0.39, 0.29) is 30.5 Å². The number of carbonyl (C=O) groups is 1. The summed E-state index contributed by atoms with van der Waals surface area (Å²) in [5, 5.41) is 3.29. The zero-order chi connectivity index (χ0) is 20.7. The van der Waals surface area contributed by atoms with Crippen LogP contribution in [0.3, 0.4) is 0 Å². The molecule has 6 nitrogen and oxygen atoms in total. The summed E-state index contributed by atoms with van der Waals surface area (Å²) in [6, 6.07) is 10.2. The number of ether oxygens (including phenoxy) is 1. The molecule has 152 valence electrons. The van der Waals surface area contributed by atoms with Gasteiger partial charge in [0.05, 0.1) is 4.90 Å². The van der Waals surface area contributed by atoms with Crippen molar-refractivity contribution in [3.05, 3.63) is 58.1 Å². The Morgan fingerprint density at radius 1 is 1.07 bits per heavy atom. The van der Waals surface area contributed by atoms with Crippen LogP contribution in [0, 0.1) is 13.8 Å². The molecule has 2 N–H and O–H groups in total. The van der Waals surface area contributed by atoms with Crippen molar-refractivity contribution in [1.29, 1.82) is 0 Å². The zero-order valence-corrected chi connectivity index (χ0v) is 17.8. The van der Waals surface area contributed by atoms with Crippen LogP contribution in [0.1, 0.15) is 23.6 Å². The lowest BCUT2D eigenvalue weighted by Crippen LogP contribution is -2.36. The standard InChI is InChI=1S/C20H25ClN2O4S/c1-4-16-5-7-18(8-6-16)28(25,26)23-10-9-22-19(24)13-27-17-11-14(2)20(21)15(3)12-17/h5-8,11-12,23H,4,9-10,13H2,1-3H3,(H,22,24). The van der Waals surface area contributed by atoms with Crippen LogP contribution in [0.25, 0.3) is 0 Å². The van der Waals surface area contributed by atoms with E-state index in [9.17, 15) is 13.2 Å². The van der Waals surface area contributed by atoms with Crippen LogP contribution in [0.4, 0.5) is 0 Å². The molecule has 0 unspecified atom stereocenters. The number of carbonyl (C=O) groups excluding carboxylic acids is 1. The van der Waals surface area contributed by atoms with Gasteiger partial charge in [-0.05, 0) is 61.2 Å². The molecule has 0 spiro atoms. The monoisotopic (exact) mass is 424 g/mol. The minimum absolute atomic E-state index is 0.0861. The first-order valence-electron chi connectivity index (χ1n) is 8.97. The number of halogens is 1. The third-order valence-electron chi connectivity index (χ3n) is 4.16. The molecule has 0 saturated heterocycles. The van der Waals surface area contributed by atoms with Gasteiger partial charge >= 0.3 is 0 Å². The van der Waals surface area contributed by atoms with Crippen molar-refractivity contribution in [2.24, 2.45) is 0 Å². The van der Waals surface area contributed by atoms with Crippen molar-refractivity contribution in [2.45, 2.75) is 32.1 Å². The predicted molar refractivity (Wildman–Crippen MR) is 110 cm³/mol. The van der Waals surface area contributed by atoms with Crippen LogP contribution < -0.4 is 14.8 Å². The summed E-state index contributed by atoms with van der Waals surface area (Å²) < 4.78 is 32.4. The van der Waals surface area contributed by atoms with Gasteiger partial charge in [0.15, 0.2) is 6.61 Å². The van der Waals surface area contributed by atoms with Crippen LogP contribution in [0.5, 0.6) is 5.75 Å². The van der Waals surface area contributed by atoms with Crippen LogP contribution in [0.15, 0.2) is 41.3 Å². The molecule has 0 fully saturated rings. The van der Waals surface area contributed by atoms with Crippen molar-refractivity contribution in [3.63, 3.8) is 0 Å². The van der Waals surface area contributed by atoms with Crippen molar-refractivity contribution < 1.29 is 17.9 Å². The maximum Gasteiger partial charge on any atom is 0.257 e. The molecule has 0 aliphatic heterocycles. The number of sulfonamides is 1. The molecule has 2 aromatic rings. The Labute approximate surface area is 171 Å². The normalized spacial score (nSPS) is 11.3. The van der Waals surface area contributed by atoms with Gasteiger partial charge in [-0.1, -0.05) is 30.7 Å². The number of aryl methyl sites for hydroxylation is 3. The largest absolute Gasteiger partial charge is 0.484 e. The fourth-order valence-electron chi connectivity index (χ4n) is 2.56. The number of nitrogens with one attached hydrogen (secondary N) is 2. The van der Waals surface area contributed by atoms with Crippen molar-refractivity contribution in [2.75, 3.05) is 19.7 Å². The third-order valence-corrected chi connectivity index (χ3v) is 6.23. The molecule has 2 aromatic carbocycles. The van der Waals surface area contributed by atoms with Gasteiger partial charge in [0.25, 0.3) is 5.91 Å². The Balaban J connectivity index is 1.76. The average Bonchev–Trinajstić information content (AvgIpc) is 2.67. The van der Waals surface area contributed by atoms with E-state index in [1.165, 1.54) is 0 Å². The summed E-state index contributed by atoms with van der Waals surface area (Å²) in [5.74, 6) is 0.225. The first-order chi connectivity index (χ1) is 13.2. The van der Waals surface area contributed by atoms with Gasteiger partial charge in [0.1, 0.15) is 5.75 Å². The first-order valence-corrected chi connectivity index (χ1v) is 10.8. The molecule has 1 amide bonds. The molecule has 0 radical (unpaired) electrons. The molecular formula is C20H25ClN2O4S. The van der Waals surface area contributed by atoms with E-state index in [0.29, 0.717) is 10.8 Å². The summed E-state index contributed by atoms with van der Waals surface area (Å²) in [5.41, 5.74) is 2.81. The highest BCUT2D eigenvalue weighted by molar-refractivity contribution is 7.89. The molecule has 0 saturated carbocycles. The summed E-state index contributed by atoms with van der Waals surface area (Å²) in [6.45, 7) is 5.82. The highest BCUT2D eigenvalue weighted by Gasteiger charge is 2.13. The van der Waals surface area contributed by atoms with E-state index >= 15 is 0 Å². The minimum atomic E-state index is -3.60. The van der Waals surface area contributed by atoms with Gasteiger partial charge in [-0.3, -0.25) is 4.79 Å². The van der Waals surface area contributed by atoms with Gasteiger partial charge in [0, 0.05) is 18.1 Å². The second-order valence-electron chi connectivity index (χ2n) is 6.40. The number of rotatable bonds is 9. The van der Waals surface area contributed by atoms with E-state index in [1.807, 2.05) is 20.8 Å². The van der Waals surface area contributed by atoms with E-state index < -0.39 is 10.0 Å². The number of hydrogen-bond acceptors (Lipinski definition) is 4. The van der Waals surface area contributed by atoms with Gasteiger partial charge in [0.2, 0.25) is 10.0 Å². The maximum atomic E-state index is 12.2. The predicted octanol–water partition coefficient (Wildman–Crippen LogP) is 2.99. The van der Waals surface area contributed by atoms with Gasteiger partial charge in [-0.15, -0.1) is 0 Å². The molecule has 2 rings (SSSR count). The lowest BCUT2D eigenvalue weighted by atomic mass is 10.1. The SMILES string of the molecule is CCc1ccc(S(=O)(=O)NCCNC(=O)COc2cc(C)c(Cl)c(C)c2)cc1. The molecule has 0 heterocycles. The lowest BCUT2D eigenvalue weighted by Gasteiger charge is -2.11. The van der Waals surface area contributed by atoms with Crippen LogP contribution in [-0.4, -0.2) is 34.0 Å². The zero-order valence-electron chi connectivity index (χ0n) is 16.2. The summed E-state index contributed by atoms with van der Waals surface area (Å²) in [4.78, 5) is 12.1. The fraction of sp³-hybridized carbons (Fsp3) is 0.350. The van der Waals surface area contributed by atoms with E-state index in [0.717, 1.165) is 23.1 Å². The molecule has 0 aromatic heterocycles. The Morgan fingerprint density at radius 2 is 1.68 bits per heavy atom. The summed E-state index contributed by atoms with van der Waals surface area (Å²) >= 11 is 6.10.